The molecule has 1 aliphatic rings. The summed E-state index contributed by atoms with van der Waals surface area (Å²) in [6.45, 7) is 2.76. The van der Waals surface area contributed by atoms with E-state index in [1.165, 1.54) is 17.0 Å². The molecule has 6 nitrogen and oxygen atoms in total. The molecular formula is C15H18ClNO5. The highest BCUT2D eigenvalue weighted by Crippen LogP contribution is 2.35. The number of phenolic OH excluding ortho intramolecular Hbond substituents is 1. The topological polar surface area (TPSA) is 87.1 Å². The number of nitrogens with zero attached hydrogens (tertiary/aromatic N) is 1. The number of rotatable bonds is 4. The minimum atomic E-state index is -0.892. The lowest BCUT2D eigenvalue weighted by Crippen LogP contribution is -2.42. The van der Waals surface area contributed by atoms with Crippen LogP contribution >= 0.6 is 11.6 Å². The first-order valence-electron chi connectivity index (χ1n) is 7.11. The highest BCUT2D eigenvalue weighted by Gasteiger charge is 2.29. The Hall–Kier alpha value is -1.95. The summed E-state index contributed by atoms with van der Waals surface area (Å²) < 4.78 is 5.26. The standard InChI is InChI=1S/C15H18ClNO5/c1-2-22-12-7-10(6-11(16)13(12)18)14(19)17-5-3-4-9(8-17)15(20)21/h6-7,9,18H,2-5,8H2,1H3,(H,20,21). The largest absolute Gasteiger partial charge is 0.503 e. The summed E-state index contributed by atoms with van der Waals surface area (Å²) in [5, 5.41) is 18.9. The number of aliphatic carboxylic acids is 1. The molecule has 0 saturated carbocycles. The van der Waals surface area contributed by atoms with Crippen LogP contribution in [0.15, 0.2) is 12.1 Å². The van der Waals surface area contributed by atoms with Gasteiger partial charge in [-0.15, -0.1) is 0 Å². The van der Waals surface area contributed by atoms with Crippen LogP contribution in [0, 0.1) is 5.92 Å². The first kappa shape index (κ1) is 16.4. The number of phenols is 1. The molecule has 1 atom stereocenters. The van der Waals surface area contributed by atoms with Crippen LogP contribution in [-0.2, 0) is 4.79 Å². The predicted molar refractivity (Wildman–Crippen MR) is 80.5 cm³/mol. The van der Waals surface area contributed by atoms with Crippen molar-refractivity contribution in [3.05, 3.63) is 22.7 Å². The molecule has 1 aromatic rings. The summed E-state index contributed by atoms with van der Waals surface area (Å²) in [5.74, 6) is -1.81. The number of piperidine rings is 1. The van der Waals surface area contributed by atoms with Gasteiger partial charge in [0.25, 0.3) is 5.91 Å². The third-order valence-corrected chi connectivity index (χ3v) is 3.92. The molecule has 1 heterocycles. The molecule has 1 aromatic carbocycles. The van der Waals surface area contributed by atoms with E-state index in [-0.39, 0.29) is 34.5 Å². The second-order valence-corrected chi connectivity index (χ2v) is 5.57. The maximum absolute atomic E-state index is 12.5. The Morgan fingerprint density at radius 1 is 1.45 bits per heavy atom. The average molecular weight is 328 g/mol. The molecule has 1 saturated heterocycles. The van der Waals surface area contributed by atoms with Crippen molar-refractivity contribution in [2.75, 3.05) is 19.7 Å². The van der Waals surface area contributed by atoms with Crippen LogP contribution in [0.1, 0.15) is 30.1 Å². The van der Waals surface area contributed by atoms with Gasteiger partial charge in [0.15, 0.2) is 11.5 Å². The minimum absolute atomic E-state index is 0.0288. The molecule has 0 radical (unpaired) electrons. The number of carboxylic acid groups (broad SMARTS) is 1. The lowest BCUT2D eigenvalue weighted by atomic mass is 9.97. The molecule has 0 aromatic heterocycles. The Bertz CT molecular complexity index is 590. The number of amides is 1. The third kappa shape index (κ3) is 3.44. The summed E-state index contributed by atoms with van der Waals surface area (Å²) in [4.78, 5) is 25.1. The number of likely N-dealkylation sites (tertiary alicyclic amines) is 1. The second-order valence-electron chi connectivity index (χ2n) is 5.17. The molecule has 22 heavy (non-hydrogen) atoms. The molecule has 1 fully saturated rings. The number of hydrogen-bond acceptors (Lipinski definition) is 4. The Balaban J connectivity index is 2.23. The zero-order chi connectivity index (χ0) is 16.3. The van der Waals surface area contributed by atoms with Gasteiger partial charge < -0.3 is 19.8 Å². The van der Waals surface area contributed by atoms with Crippen molar-refractivity contribution in [3.8, 4) is 11.5 Å². The number of carbonyl (C=O) groups excluding carboxylic acids is 1. The molecule has 7 heteroatoms. The molecule has 0 spiro atoms. The first-order chi connectivity index (χ1) is 10.4. The van der Waals surface area contributed by atoms with Gasteiger partial charge in [0.1, 0.15) is 0 Å². The van der Waals surface area contributed by atoms with Crippen LogP contribution in [0.5, 0.6) is 11.5 Å². The highest BCUT2D eigenvalue weighted by atomic mass is 35.5. The molecule has 0 bridgehead atoms. The first-order valence-corrected chi connectivity index (χ1v) is 7.49. The zero-order valence-corrected chi connectivity index (χ0v) is 13.0. The molecule has 2 N–H and O–H groups in total. The van der Waals surface area contributed by atoms with E-state index in [2.05, 4.69) is 0 Å². The summed E-state index contributed by atoms with van der Waals surface area (Å²) in [6.07, 6.45) is 1.21. The van der Waals surface area contributed by atoms with Gasteiger partial charge in [-0.2, -0.15) is 0 Å². The third-order valence-electron chi connectivity index (χ3n) is 3.63. The van der Waals surface area contributed by atoms with E-state index in [1.807, 2.05) is 0 Å². The van der Waals surface area contributed by atoms with E-state index < -0.39 is 11.9 Å². The molecule has 2 rings (SSSR count). The summed E-state index contributed by atoms with van der Waals surface area (Å²) in [6, 6.07) is 2.80. The molecule has 1 aliphatic heterocycles. The molecule has 1 unspecified atom stereocenters. The van der Waals surface area contributed by atoms with Gasteiger partial charge >= 0.3 is 5.97 Å². The second kappa shape index (κ2) is 6.87. The van der Waals surface area contributed by atoms with Crippen LogP contribution in [-0.4, -0.2) is 46.7 Å². The van der Waals surface area contributed by atoms with E-state index in [9.17, 15) is 14.7 Å². The van der Waals surface area contributed by atoms with E-state index in [0.717, 1.165) is 0 Å². The number of halogens is 1. The number of carbonyl (C=O) groups is 2. The quantitative estimate of drug-likeness (QED) is 0.886. The fraction of sp³-hybridized carbons (Fsp3) is 0.467. The van der Waals surface area contributed by atoms with Crippen LogP contribution < -0.4 is 4.74 Å². The van der Waals surface area contributed by atoms with E-state index >= 15 is 0 Å². The molecular weight excluding hydrogens is 310 g/mol. The summed E-state index contributed by atoms with van der Waals surface area (Å²) in [7, 11) is 0. The van der Waals surface area contributed by atoms with Crippen molar-refractivity contribution >= 4 is 23.5 Å². The van der Waals surface area contributed by atoms with Crippen LogP contribution in [0.4, 0.5) is 0 Å². The van der Waals surface area contributed by atoms with E-state index in [1.54, 1.807) is 6.92 Å². The lowest BCUT2D eigenvalue weighted by molar-refractivity contribution is -0.143. The van der Waals surface area contributed by atoms with Crippen molar-refractivity contribution in [2.45, 2.75) is 19.8 Å². The van der Waals surface area contributed by atoms with Crippen molar-refractivity contribution < 1.29 is 24.5 Å². The normalized spacial score (nSPS) is 18.1. The van der Waals surface area contributed by atoms with Gasteiger partial charge in [0.05, 0.1) is 17.5 Å². The van der Waals surface area contributed by atoms with E-state index in [4.69, 9.17) is 21.4 Å². The van der Waals surface area contributed by atoms with Gasteiger partial charge in [0.2, 0.25) is 0 Å². The Kier molecular flexibility index (Phi) is 5.13. The fourth-order valence-corrected chi connectivity index (χ4v) is 2.72. The number of ether oxygens (including phenoxy) is 1. The maximum atomic E-state index is 12.5. The Morgan fingerprint density at radius 2 is 2.18 bits per heavy atom. The highest BCUT2D eigenvalue weighted by molar-refractivity contribution is 6.32. The monoisotopic (exact) mass is 327 g/mol. The van der Waals surface area contributed by atoms with Crippen molar-refractivity contribution in [3.63, 3.8) is 0 Å². The maximum Gasteiger partial charge on any atom is 0.308 e. The van der Waals surface area contributed by atoms with Gasteiger partial charge in [0, 0.05) is 18.7 Å². The zero-order valence-electron chi connectivity index (χ0n) is 12.2. The summed E-state index contributed by atoms with van der Waals surface area (Å²) >= 11 is 5.92. The van der Waals surface area contributed by atoms with E-state index in [0.29, 0.717) is 26.0 Å². The fourth-order valence-electron chi connectivity index (χ4n) is 2.51. The SMILES string of the molecule is CCOc1cc(C(=O)N2CCCC(C(=O)O)C2)cc(Cl)c1O. The van der Waals surface area contributed by atoms with Crippen LogP contribution in [0.2, 0.25) is 5.02 Å². The smallest absolute Gasteiger partial charge is 0.308 e. The number of benzene rings is 1. The van der Waals surface area contributed by atoms with Gasteiger partial charge in [-0.05, 0) is 31.9 Å². The number of aromatic hydroxyl groups is 1. The average Bonchev–Trinajstić information content (AvgIpc) is 2.51. The lowest BCUT2D eigenvalue weighted by Gasteiger charge is -2.30. The Morgan fingerprint density at radius 3 is 2.82 bits per heavy atom. The van der Waals surface area contributed by atoms with Crippen molar-refractivity contribution in [1.82, 2.24) is 4.90 Å². The molecule has 120 valence electrons. The van der Waals surface area contributed by atoms with Crippen molar-refractivity contribution in [1.29, 1.82) is 0 Å². The van der Waals surface area contributed by atoms with Gasteiger partial charge in [-0.1, -0.05) is 11.6 Å². The predicted octanol–water partition coefficient (Wildman–Crippen LogP) is 2.38. The van der Waals surface area contributed by atoms with Crippen LogP contribution in [0.3, 0.4) is 0 Å². The van der Waals surface area contributed by atoms with Gasteiger partial charge in [-0.25, -0.2) is 0 Å². The minimum Gasteiger partial charge on any atom is -0.503 e. The van der Waals surface area contributed by atoms with Gasteiger partial charge in [-0.3, -0.25) is 9.59 Å². The summed E-state index contributed by atoms with van der Waals surface area (Å²) in [5.41, 5.74) is 0.275. The van der Waals surface area contributed by atoms with Crippen molar-refractivity contribution in [2.24, 2.45) is 5.92 Å². The Labute approximate surface area is 133 Å². The van der Waals surface area contributed by atoms with Crippen LogP contribution in [0.25, 0.3) is 0 Å². The molecule has 0 aliphatic carbocycles. The number of carboxylic acids is 1. The number of hydrogen-bond donors (Lipinski definition) is 2. The molecule has 1 amide bonds.